The van der Waals surface area contributed by atoms with Crippen LogP contribution in [0.2, 0.25) is 0 Å². The second kappa shape index (κ2) is 9.54. The van der Waals surface area contributed by atoms with Crippen molar-refractivity contribution in [2.45, 2.75) is 44.6 Å². The zero-order valence-corrected chi connectivity index (χ0v) is 18.6. The van der Waals surface area contributed by atoms with Crippen LogP contribution in [0, 0.1) is 21.3 Å². The molecule has 5 nitrogen and oxygen atoms in total. The number of nitrogens with one attached hydrogen (secondary N) is 1. The average Bonchev–Trinajstić information content (AvgIpc) is 3.20. The van der Waals surface area contributed by atoms with E-state index < -0.39 is 16.0 Å². The van der Waals surface area contributed by atoms with Crippen molar-refractivity contribution in [3.63, 3.8) is 0 Å². The fourth-order valence-electron chi connectivity index (χ4n) is 4.40. The van der Waals surface area contributed by atoms with E-state index in [2.05, 4.69) is 39.5 Å². The molecule has 0 radical (unpaired) electrons. The van der Waals surface area contributed by atoms with Gasteiger partial charge < -0.3 is 5.11 Å². The van der Waals surface area contributed by atoms with Crippen molar-refractivity contribution in [2.75, 3.05) is 0 Å². The Bertz CT molecular complexity index is 848. The van der Waals surface area contributed by atoms with Crippen LogP contribution in [0.5, 0.6) is 0 Å². The van der Waals surface area contributed by atoms with Crippen LogP contribution in [0.4, 0.5) is 0 Å². The first kappa shape index (κ1) is 21.5. The van der Waals surface area contributed by atoms with E-state index in [1.807, 2.05) is 24.3 Å². The Kier molecular flexibility index (Phi) is 7.33. The molecule has 0 saturated heterocycles. The highest BCUT2D eigenvalue weighted by Crippen LogP contribution is 2.49. The SMILES string of the molecule is O=C(O)CCC/C=C/C1CC2CC(NS(=O)(=O)/C=C/c3ccc(I)cc3)C1C2. The molecule has 0 heterocycles. The summed E-state index contributed by atoms with van der Waals surface area (Å²) in [5, 5.41) is 9.95. The summed E-state index contributed by atoms with van der Waals surface area (Å²) in [7, 11) is -3.48. The van der Waals surface area contributed by atoms with Gasteiger partial charge in [-0.25, -0.2) is 13.1 Å². The maximum absolute atomic E-state index is 12.5. The third kappa shape index (κ3) is 6.15. The summed E-state index contributed by atoms with van der Waals surface area (Å²) in [6, 6.07) is 7.68. The molecule has 7 heteroatoms. The van der Waals surface area contributed by atoms with E-state index in [0.29, 0.717) is 24.2 Å². The number of carbonyl (C=O) groups is 1. The highest BCUT2D eigenvalue weighted by molar-refractivity contribution is 14.1. The highest BCUT2D eigenvalue weighted by atomic mass is 127. The van der Waals surface area contributed by atoms with Crippen LogP contribution in [0.25, 0.3) is 6.08 Å². The van der Waals surface area contributed by atoms with Gasteiger partial charge in [-0.1, -0.05) is 24.3 Å². The van der Waals surface area contributed by atoms with Gasteiger partial charge in [0, 0.05) is 21.4 Å². The lowest BCUT2D eigenvalue weighted by Gasteiger charge is -2.27. The first-order valence-electron chi connectivity index (χ1n) is 9.67. The van der Waals surface area contributed by atoms with Crippen molar-refractivity contribution in [2.24, 2.45) is 17.8 Å². The molecule has 4 unspecified atom stereocenters. The average molecular weight is 515 g/mol. The first-order valence-corrected chi connectivity index (χ1v) is 12.3. The van der Waals surface area contributed by atoms with Crippen LogP contribution in [-0.4, -0.2) is 25.5 Å². The van der Waals surface area contributed by atoms with Gasteiger partial charge in [0.25, 0.3) is 0 Å². The molecule has 4 atom stereocenters. The van der Waals surface area contributed by atoms with E-state index in [9.17, 15) is 13.2 Å². The smallest absolute Gasteiger partial charge is 0.303 e. The van der Waals surface area contributed by atoms with Crippen molar-refractivity contribution in [3.8, 4) is 0 Å². The summed E-state index contributed by atoms with van der Waals surface area (Å²) in [5.41, 5.74) is 0.862. The van der Waals surface area contributed by atoms with Gasteiger partial charge in [0.2, 0.25) is 10.0 Å². The second-order valence-electron chi connectivity index (χ2n) is 7.74. The summed E-state index contributed by atoms with van der Waals surface area (Å²) in [4.78, 5) is 10.6. The maximum atomic E-state index is 12.5. The quantitative estimate of drug-likeness (QED) is 0.290. The summed E-state index contributed by atoms with van der Waals surface area (Å²) in [6.07, 6.45) is 10.5. The molecule has 2 aliphatic carbocycles. The first-order chi connectivity index (χ1) is 13.3. The maximum Gasteiger partial charge on any atom is 0.303 e. The zero-order valence-electron chi connectivity index (χ0n) is 15.6. The largest absolute Gasteiger partial charge is 0.481 e. The molecular formula is C21H26INO4S. The minimum atomic E-state index is -3.48. The number of aliphatic carboxylic acids is 1. The molecule has 2 bridgehead atoms. The summed E-state index contributed by atoms with van der Waals surface area (Å²) in [5.74, 6) is 0.534. The fraction of sp³-hybridized carbons (Fsp3) is 0.476. The number of halogens is 1. The van der Waals surface area contributed by atoms with Crippen molar-refractivity contribution >= 4 is 44.7 Å². The molecule has 3 rings (SSSR count). The Hall–Kier alpha value is -1.19. The molecule has 2 N–H and O–H groups in total. The van der Waals surface area contributed by atoms with Crippen molar-refractivity contribution in [1.82, 2.24) is 4.72 Å². The van der Waals surface area contributed by atoms with Crippen LogP contribution in [0.15, 0.2) is 41.8 Å². The Labute approximate surface area is 180 Å². The summed E-state index contributed by atoms with van der Waals surface area (Å²) in [6.45, 7) is 0. The van der Waals surface area contributed by atoms with Crippen molar-refractivity contribution in [3.05, 3.63) is 51.0 Å². The van der Waals surface area contributed by atoms with Gasteiger partial charge in [-0.15, -0.1) is 0 Å². The number of unbranched alkanes of at least 4 members (excludes halogenated alkanes) is 1. The van der Waals surface area contributed by atoms with Gasteiger partial charge in [0.05, 0.1) is 0 Å². The van der Waals surface area contributed by atoms with Gasteiger partial charge in [-0.2, -0.15) is 0 Å². The van der Waals surface area contributed by atoms with Gasteiger partial charge in [-0.3, -0.25) is 4.79 Å². The van der Waals surface area contributed by atoms with Crippen LogP contribution in [0.3, 0.4) is 0 Å². The normalized spacial score (nSPS) is 27.2. The van der Waals surface area contributed by atoms with Gasteiger partial charge in [0.15, 0.2) is 0 Å². The summed E-state index contributed by atoms with van der Waals surface area (Å²) < 4.78 is 29.0. The molecule has 1 aromatic rings. The third-order valence-corrected chi connectivity index (χ3v) is 7.48. The number of hydrogen-bond acceptors (Lipinski definition) is 3. The molecule has 152 valence electrons. The predicted octanol–water partition coefficient (Wildman–Crippen LogP) is 4.41. The molecule has 0 aliphatic heterocycles. The van der Waals surface area contributed by atoms with Crippen molar-refractivity contribution < 1.29 is 18.3 Å². The predicted molar refractivity (Wildman–Crippen MR) is 119 cm³/mol. The zero-order chi connectivity index (χ0) is 20.1. The number of hydrogen-bond donors (Lipinski definition) is 2. The topological polar surface area (TPSA) is 83.5 Å². The van der Waals surface area contributed by atoms with E-state index in [0.717, 1.165) is 34.8 Å². The van der Waals surface area contributed by atoms with Gasteiger partial charge in [-0.05, 0) is 96.2 Å². The highest BCUT2D eigenvalue weighted by Gasteiger charge is 2.46. The van der Waals surface area contributed by atoms with Crippen LogP contribution < -0.4 is 4.72 Å². The standard InChI is InChI=1S/C21H26INO4S/c22-18-8-6-15(7-9-18)10-11-28(26,27)23-20-14-16-12-17(19(20)13-16)4-2-1-3-5-21(24)25/h2,4,6-11,16-17,19-20,23H,1,3,5,12-14H2,(H,24,25)/b4-2+,11-10+. The molecule has 2 aliphatic rings. The number of rotatable bonds is 9. The van der Waals surface area contributed by atoms with Crippen LogP contribution in [0.1, 0.15) is 44.1 Å². The third-order valence-electron chi connectivity index (χ3n) is 5.64. The van der Waals surface area contributed by atoms with E-state index in [4.69, 9.17) is 5.11 Å². The Balaban J connectivity index is 1.54. The lowest BCUT2D eigenvalue weighted by molar-refractivity contribution is -0.137. The molecule has 0 amide bonds. The lowest BCUT2D eigenvalue weighted by Crippen LogP contribution is -2.40. The minimum Gasteiger partial charge on any atom is -0.481 e. The van der Waals surface area contributed by atoms with Gasteiger partial charge >= 0.3 is 5.97 Å². The molecule has 0 spiro atoms. The fourth-order valence-corrected chi connectivity index (χ4v) is 5.86. The number of carboxylic acids is 1. The van der Waals surface area contributed by atoms with Crippen LogP contribution >= 0.6 is 22.6 Å². The number of sulfonamides is 1. The van der Waals surface area contributed by atoms with Crippen molar-refractivity contribution in [1.29, 1.82) is 0 Å². The second-order valence-corrected chi connectivity index (χ2v) is 10.6. The molecule has 28 heavy (non-hydrogen) atoms. The van der Waals surface area contributed by atoms with E-state index in [1.165, 1.54) is 5.41 Å². The number of benzene rings is 1. The number of fused-ring (bicyclic) bond motifs is 2. The number of allylic oxidation sites excluding steroid dienone is 2. The molecule has 2 fully saturated rings. The Morgan fingerprint density at radius 3 is 2.64 bits per heavy atom. The number of carboxylic acid groups (broad SMARTS) is 1. The monoisotopic (exact) mass is 515 g/mol. The molecule has 1 aromatic carbocycles. The van der Waals surface area contributed by atoms with Gasteiger partial charge in [0.1, 0.15) is 0 Å². The molecule has 0 aromatic heterocycles. The van der Waals surface area contributed by atoms with E-state index in [1.54, 1.807) is 6.08 Å². The molecule has 2 saturated carbocycles. The Morgan fingerprint density at radius 2 is 1.96 bits per heavy atom. The Morgan fingerprint density at radius 1 is 1.21 bits per heavy atom. The van der Waals surface area contributed by atoms with E-state index in [-0.39, 0.29) is 12.5 Å². The van der Waals surface area contributed by atoms with E-state index >= 15 is 0 Å². The lowest BCUT2D eigenvalue weighted by atomic mass is 9.85. The minimum absolute atomic E-state index is 0.0150. The molecular weight excluding hydrogens is 489 g/mol. The van der Waals surface area contributed by atoms with Crippen LogP contribution in [-0.2, 0) is 14.8 Å². The summed E-state index contributed by atoms with van der Waals surface area (Å²) >= 11 is 2.22.